The van der Waals surface area contributed by atoms with Gasteiger partial charge in [0.2, 0.25) is 0 Å². The SMILES string of the molecule is c1ccc(-c2ccc(-c3nc4ccccc4[nH]3)cc2)nc1. The molecule has 0 saturated heterocycles. The molecule has 3 nitrogen and oxygen atoms in total. The van der Waals surface area contributed by atoms with Crippen molar-refractivity contribution in [2.24, 2.45) is 0 Å². The summed E-state index contributed by atoms with van der Waals surface area (Å²) in [5, 5.41) is 0. The minimum atomic E-state index is 0.892. The van der Waals surface area contributed by atoms with Crippen molar-refractivity contribution >= 4 is 11.0 Å². The van der Waals surface area contributed by atoms with E-state index in [1.165, 1.54) is 0 Å². The molecule has 0 atom stereocenters. The van der Waals surface area contributed by atoms with Gasteiger partial charge in [0, 0.05) is 17.3 Å². The molecule has 4 rings (SSSR count). The van der Waals surface area contributed by atoms with Crippen molar-refractivity contribution in [3.63, 3.8) is 0 Å². The molecule has 21 heavy (non-hydrogen) atoms. The van der Waals surface area contributed by atoms with Crippen LogP contribution in [0.15, 0.2) is 72.9 Å². The molecule has 3 heteroatoms. The molecular formula is C18H13N3. The van der Waals surface area contributed by atoms with Gasteiger partial charge in [0.1, 0.15) is 5.82 Å². The molecule has 0 fully saturated rings. The van der Waals surface area contributed by atoms with Gasteiger partial charge in [-0.05, 0) is 24.3 Å². The number of pyridine rings is 1. The van der Waals surface area contributed by atoms with E-state index in [-0.39, 0.29) is 0 Å². The smallest absolute Gasteiger partial charge is 0.138 e. The quantitative estimate of drug-likeness (QED) is 0.591. The molecule has 0 aliphatic heterocycles. The van der Waals surface area contributed by atoms with Crippen LogP contribution in [0.2, 0.25) is 0 Å². The lowest BCUT2D eigenvalue weighted by atomic mass is 10.1. The van der Waals surface area contributed by atoms with Crippen LogP contribution in [-0.2, 0) is 0 Å². The molecule has 0 aliphatic carbocycles. The van der Waals surface area contributed by atoms with Gasteiger partial charge < -0.3 is 4.98 Å². The third-order valence-electron chi connectivity index (χ3n) is 3.51. The molecule has 0 spiro atoms. The fraction of sp³-hybridized carbons (Fsp3) is 0. The Labute approximate surface area is 122 Å². The minimum Gasteiger partial charge on any atom is -0.338 e. The predicted octanol–water partition coefficient (Wildman–Crippen LogP) is 4.29. The molecule has 0 aliphatic rings. The average Bonchev–Trinajstić information content (AvgIpc) is 3.00. The number of rotatable bonds is 2. The number of nitrogens with one attached hydrogen (secondary N) is 1. The zero-order valence-electron chi connectivity index (χ0n) is 11.3. The number of benzene rings is 2. The van der Waals surface area contributed by atoms with Gasteiger partial charge >= 0.3 is 0 Å². The fourth-order valence-electron chi connectivity index (χ4n) is 2.42. The van der Waals surface area contributed by atoms with Crippen LogP contribution in [0.1, 0.15) is 0 Å². The van der Waals surface area contributed by atoms with Gasteiger partial charge in [-0.2, -0.15) is 0 Å². The van der Waals surface area contributed by atoms with Crippen molar-refractivity contribution in [2.75, 3.05) is 0 Å². The normalized spacial score (nSPS) is 10.9. The Bertz CT molecular complexity index is 844. The molecule has 0 saturated carbocycles. The summed E-state index contributed by atoms with van der Waals surface area (Å²) in [6, 6.07) is 22.3. The number of fused-ring (bicyclic) bond motifs is 1. The maximum Gasteiger partial charge on any atom is 0.138 e. The highest BCUT2D eigenvalue weighted by Crippen LogP contribution is 2.23. The molecule has 0 radical (unpaired) electrons. The lowest BCUT2D eigenvalue weighted by molar-refractivity contribution is 1.31. The molecule has 2 heterocycles. The van der Waals surface area contributed by atoms with Crippen molar-refractivity contribution in [3.8, 4) is 22.6 Å². The topological polar surface area (TPSA) is 41.6 Å². The maximum atomic E-state index is 4.61. The largest absolute Gasteiger partial charge is 0.338 e. The monoisotopic (exact) mass is 271 g/mol. The molecule has 0 bridgehead atoms. The molecule has 0 amide bonds. The van der Waals surface area contributed by atoms with Gasteiger partial charge in [0.15, 0.2) is 0 Å². The van der Waals surface area contributed by atoms with Crippen molar-refractivity contribution in [2.45, 2.75) is 0 Å². The Hall–Kier alpha value is -2.94. The third-order valence-corrected chi connectivity index (χ3v) is 3.51. The van der Waals surface area contributed by atoms with E-state index in [9.17, 15) is 0 Å². The van der Waals surface area contributed by atoms with E-state index < -0.39 is 0 Å². The lowest BCUT2D eigenvalue weighted by Crippen LogP contribution is -1.84. The van der Waals surface area contributed by atoms with E-state index in [4.69, 9.17) is 0 Å². The first kappa shape index (κ1) is 11.9. The van der Waals surface area contributed by atoms with Gasteiger partial charge in [-0.3, -0.25) is 4.98 Å². The Morgan fingerprint density at radius 3 is 2.24 bits per heavy atom. The summed E-state index contributed by atoms with van der Waals surface area (Å²) >= 11 is 0. The second-order valence-corrected chi connectivity index (χ2v) is 4.89. The highest BCUT2D eigenvalue weighted by atomic mass is 14.9. The highest BCUT2D eigenvalue weighted by molar-refractivity contribution is 5.79. The highest BCUT2D eigenvalue weighted by Gasteiger charge is 2.05. The molecular weight excluding hydrogens is 258 g/mol. The number of nitrogens with zero attached hydrogens (tertiary/aromatic N) is 2. The van der Waals surface area contributed by atoms with Crippen LogP contribution in [0.25, 0.3) is 33.7 Å². The second-order valence-electron chi connectivity index (χ2n) is 4.89. The fourth-order valence-corrected chi connectivity index (χ4v) is 2.42. The van der Waals surface area contributed by atoms with E-state index >= 15 is 0 Å². The van der Waals surface area contributed by atoms with Gasteiger partial charge in [-0.25, -0.2) is 4.98 Å². The maximum absolute atomic E-state index is 4.61. The molecule has 0 unspecified atom stereocenters. The van der Waals surface area contributed by atoms with Crippen LogP contribution in [0.4, 0.5) is 0 Å². The van der Waals surface area contributed by atoms with Gasteiger partial charge in [-0.1, -0.05) is 42.5 Å². The van der Waals surface area contributed by atoms with E-state index in [1.807, 2.05) is 48.7 Å². The average molecular weight is 271 g/mol. The summed E-state index contributed by atoms with van der Waals surface area (Å²) in [6.07, 6.45) is 1.81. The number of H-pyrrole nitrogens is 1. The summed E-state index contributed by atoms with van der Waals surface area (Å²) < 4.78 is 0. The number of hydrogen-bond acceptors (Lipinski definition) is 2. The first-order valence-corrected chi connectivity index (χ1v) is 6.87. The summed E-state index contributed by atoms with van der Waals surface area (Å²) in [6.45, 7) is 0. The molecule has 2 aromatic carbocycles. The first-order valence-electron chi connectivity index (χ1n) is 6.87. The van der Waals surface area contributed by atoms with Gasteiger partial charge in [-0.15, -0.1) is 0 Å². The van der Waals surface area contributed by atoms with Crippen LogP contribution in [0.5, 0.6) is 0 Å². The zero-order chi connectivity index (χ0) is 14.1. The van der Waals surface area contributed by atoms with E-state index in [0.717, 1.165) is 33.7 Å². The molecule has 1 N–H and O–H groups in total. The van der Waals surface area contributed by atoms with Crippen molar-refractivity contribution in [1.82, 2.24) is 15.0 Å². The molecule has 2 aromatic heterocycles. The summed E-state index contributed by atoms with van der Waals surface area (Å²) in [5.41, 5.74) is 5.21. The van der Waals surface area contributed by atoms with Crippen LogP contribution >= 0.6 is 0 Å². The van der Waals surface area contributed by atoms with Crippen LogP contribution in [0.3, 0.4) is 0 Å². The third kappa shape index (κ3) is 2.19. The Morgan fingerprint density at radius 1 is 0.714 bits per heavy atom. The lowest BCUT2D eigenvalue weighted by Gasteiger charge is -2.01. The number of hydrogen-bond donors (Lipinski definition) is 1. The first-order chi connectivity index (χ1) is 10.4. The van der Waals surface area contributed by atoms with Crippen LogP contribution in [-0.4, -0.2) is 15.0 Å². The van der Waals surface area contributed by atoms with Gasteiger partial charge in [0.05, 0.1) is 16.7 Å². The van der Waals surface area contributed by atoms with Crippen molar-refractivity contribution in [3.05, 3.63) is 72.9 Å². The van der Waals surface area contributed by atoms with Crippen molar-refractivity contribution in [1.29, 1.82) is 0 Å². The molecule has 4 aromatic rings. The Morgan fingerprint density at radius 2 is 1.48 bits per heavy atom. The van der Waals surface area contributed by atoms with Crippen LogP contribution in [0, 0.1) is 0 Å². The van der Waals surface area contributed by atoms with E-state index in [2.05, 4.69) is 39.2 Å². The van der Waals surface area contributed by atoms with E-state index in [0.29, 0.717) is 0 Å². The summed E-state index contributed by atoms with van der Waals surface area (Å²) in [5.74, 6) is 0.892. The molecule has 100 valence electrons. The Balaban J connectivity index is 1.73. The van der Waals surface area contributed by atoms with Crippen LogP contribution < -0.4 is 0 Å². The van der Waals surface area contributed by atoms with E-state index in [1.54, 1.807) is 0 Å². The standard InChI is InChI=1S/C18H13N3/c1-2-7-17-16(6-1)20-18(21-17)14-10-8-13(9-11-14)15-5-3-4-12-19-15/h1-12H,(H,20,21). The number of para-hydroxylation sites is 2. The van der Waals surface area contributed by atoms with Gasteiger partial charge in [0.25, 0.3) is 0 Å². The van der Waals surface area contributed by atoms with Crippen molar-refractivity contribution < 1.29 is 0 Å². The Kier molecular flexibility index (Phi) is 2.75. The number of aromatic amines is 1. The second kappa shape index (κ2) is 4.87. The predicted molar refractivity (Wildman–Crippen MR) is 84.8 cm³/mol. The minimum absolute atomic E-state index is 0.892. The summed E-state index contributed by atoms with van der Waals surface area (Å²) in [7, 11) is 0. The summed E-state index contributed by atoms with van der Waals surface area (Å²) in [4.78, 5) is 12.3. The number of imidazole rings is 1. The number of aromatic nitrogens is 3. The zero-order valence-corrected chi connectivity index (χ0v) is 11.3.